The van der Waals surface area contributed by atoms with Gasteiger partial charge in [-0.2, -0.15) is 0 Å². The number of hydrogen-bond acceptors (Lipinski definition) is 4. The van der Waals surface area contributed by atoms with E-state index in [0.29, 0.717) is 24.5 Å². The Labute approximate surface area is 184 Å². The molecule has 0 atom stereocenters. The summed E-state index contributed by atoms with van der Waals surface area (Å²) in [5, 5.41) is 5.65. The largest absolute Gasteiger partial charge is 0.489 e. The highest BCUT2D eigenvalue weighted by molar-refractivity contribution is 5.91. The monoisotopic (exact) mass is 429 g/mol. The van der Waals surface area contributed by atoms with Gasteiger partial charge in [-0.1, -0.05) is 30.3 Å². The molecule has 0 aliphatic carbocycles. The number of aryl methyl sites for hydroxylation is 1. The average Bonchev–Trinajstić information content (AvgIpc) is 3.16. The number of carbonyl (C=O) groups excluding carboxylic acids is 1. The van der Waals surface area contributed by atoms with E-state index >= 15 is 0 Å². The summed E-state index contributed by atoms with van der Waals surface area (Å²) in [6, 6.07) is 18.1. The number of imidazole rings is 1. The van der Waals surface area contributed by atoms with E-state index in [0.717, 1.165) is 22.6 Å². The first-order chi connectivity index (χ1) is 15.6. The summed E-state index contributed by atoms with van der Waals surface area (Å²) in [5.41, 5.74) is 3.54. The minimum atomic E-state index is -0.365. The Bertz CT molecular complexity index is 1250. The van der Waals surface area contributed by atoms with Crippen LogP contribution in [0.4, 0.5) is 10.5 Å². The number of H-pyrrole nitrogens is 1. The third-order valence-electron chi connectivity index (χ3n) is 4.86. The molecular formula is C24H23N5O3. The van der Waals surface area contributed by atoms with Crippen molar-refractivity contribution in [2.45, 2.75) is 20.1 Å². The number of nitrogens with one attached hydrogen (secondary N) is 3. The van der Waals surface area contributed by atoms with Crippen molar-refractivity contribution in [1.29, 1.82) is 0 Å². The Kier molecular flexibility index (Phi) is 6.31. The van der Waals surface area contributed by atoms with Crippen molar-refractivity contribution in [3.05, 3.63) is 107 Å². The van der Waals surface area contributed by atoms with Crippen molar-refractivity contribution in [3.8, 4) is 11.4 Å². The zero-order valence-electron chi connectivity index (χ0n) is 17.5. The summed E-state index contributed by atoms with van der Waals surface area (Å²) in [5.74, 6) is 0.739. The molecule has 4 aromatic rings. The molecule has 2 heterocycles. The number of pyridine rings is 1. The molecule has 32 heavy (non-hydrogen) atoms. The summed E-state index contributed by atoms with van der Waals surface area (Å²) in [7, 11) is 0. The molecule has 8 nitrogen and oxygen atoms in total. The lowest BCUT2D eigenvalue weighted by molar-refractivity contribution is 0.251. The first-order valence-corrected chi connectivity index (χ1v) is 10.1. The van der Waals surface area contributed by atoms with Crippen LogP contribution in [0.3, 0.4) is 0 Å². The first-order valence-electron chi connectivity index (χ1n) is 10.1. The van der Waals surface area contributed by atoms with Crippen LogP contribution in [0.15, 0.2) is 84.0 Å². The lowest BCUT2D eigenvalue weighted by Gasteiger charge is -2.13. The van der Waals surface area contributed by atoms with E-state index in [1.54, 1.807) is 36.8 Å². The van der Waals surface area contributed by atoms with E-state index in [-0.39, 0.29) is 11.7 Å². The number of urea groups is 1. The highest BCUT2D eigenvalue weighted by atomic mass is 16.5. The van der Waals surface area contributed by atoms with Crippen molar-refractivity contribution in [2.75, 3.05) is 5.32 Å². The normalized spacial score (nSPS) is 10.5. The summed E-state index contributed by atoms with van der Waals surface area (Å²) < 4.78 is 7.26. The van der Waals surface area contributed by atoms with Gasteiger partial charge in [-0.05, 0) is 42.8 Å². The molecule has 4 rings (SSSR count). The van der Waals surface area contributed by atoms with Gasteiger partial charge in [0.05, 0.1) is 11.4 Å². The number of aromatic amines is 1. The Balaban J connectivity index is 1.33. The van der Waals surface area contributed by atoms with Crippen LogP contribution in [0.5, 0.6) is 5.75 Å². The topological polar surface area (TPSA) is 101 Å². The van der Waals surface area contributed by atoms with E-state index in [1.807, 2.05) is 49.4 Å². The van der Waals surface area contributed by atoms with E-state index in [9.17, 15) is 9.59 Å². The molecule has 0 aliphatic heterocycles. The number of amides is 2. The molecule has 2 aromatic carbocycles. The van der Waals surface area contributed by atoms with Crippen molar-refractivity contribution < 1.29 is 9.53 Å². The minimum absolute atomic E-state index is 0.261. The molecule has 0 fully saturated rings. The number of aromatic nitrogens is 3. The molecule has 8 heteroatoms. The standard InChI is InChI=1S/C24H23N5O3/c1-17-13-27-24(31)29(17)22-7-3-2-6-21(22)28-23(30)26-15-18-8-10-20(11-9-18)32-16-19-5-4-12-25-14-19/h2-14H,15-16H2,1H3,(H,27,31)(H2,26,28,30). The third kappa shape index (κ3) is 5.04. The van der Waals surface area contributed by atoms with Crippen molar-refractivity contribution in [2.24, 2.45) is 0 Å². The van der Waals surface area contributed by atoms with Crippen LogP contribution >= 0.6 is 0 Å². The molecule has 0 saturated carbocycles. The number of nitrogens with zero attached hydrogens (tertiary/aromatic N) is 2. The Morgan fingerprint density at radius 2 is 1.88 bits per heavy atom. The minimum Gasteiger partial charge on any atom is -0.489 e. The molecule has 0 unspecified atom stereocenters. The van der Waals surface area contributed by atoms with E-state index in [1.165, 1.54) is 4.57 Å². The van der Waals surface area contributed by atoms with Crippen LogP contribution in [0.25, 0.3) is 5.69 Å². The number of anilines is 1. The molecule has 2 aromatic heterocycles. The Morgan fingerprint density at radius 1 is 1.06 bits per heavy atom. The van der Waals surface area contributed by atoms with Crippen molar-refractivity contribution in [1.82, 2.24) is 19.9 Å². The second kappa shape index (κ2) is 9.65. The average molecular weight is 429 g/mol. The van der Waals surface area contributed by atoms with Gasteiger partial charge in [-0.25, -0.2) is 9.59 Å². The molecule has 0 aliphatic rings. The highest BCUT2D eigenvalue weighted by Gasteiger charge is 2.11. The number of benzene rings is 2. The van der Waals surface area contributed by atoms with Gasteiger partial charge < -0.3 is 20.4 Å². The molecule has 162 valence electrons. The maximum absolute atomic E-state index is 12.5. The quantitative estimate of drug-likeness (QED) is 0.416. The van der Waals surface area contributed by atoms with Gasteiger partial charge in [0.15, 0.2) is 0 Å². The van der Waals surface area contributed by atoms with E-state index in [2.05, 4.69) is 20.6 Å². The van der Waals surface area contributed by atoms with Gasteiger partial charge >= 0.3 is 11.7 Å². The van der Waals surface area contributed by atoms with E-state index in [4.69, 9.17) is 4.74 Å². The van der Waals surface area contributed by atoms with Crippen LogP contribution in [-0.4, -0.2) is 20.6 Å². The summed E-state index contributed by atoms with van der Waals surface area (Å²) >= 11 is 0. The second-order valence-corrected chi connectivity index (χ2v) is 7.19. The van der Waals surface area contributed by atoms with Gasteiger partial charge in [0.2, 0.25) is 0 Å². The van der Waals surface area contributed by atoms with Crippen LogP contribution in [0.1, 0.15) is 16.8 Å². The molecule has 0 bridgehead atoms. The maximum Gasteiger partial charge on any atom is 0.330 e. The number of para-hydroxylation sites is 2. The fourth-order valence-electron chi connectivity index (χ4n) is 3.23. The van der Waals surface area contributed by atoms with Gasteiger partial charge in [0, 0.05) is 36.4 Å². The molecular weight excluding hydrogens is 406 g/mol. The zero-order chi connectivity index (χ0) is 22.3. The summed E-state index contributed by atoms with van der Waals surface area (Å²) in [6.07, 6.45) is 5.12. The zero-order valence-corrected chi connectivity index (χ0v) is 17.5. The van der Waals surface area contributed by atoms with Crippen LogP contribution in [0.2, 0.25) is 0 Å². The molecule has 0 saturated heterocycles. The predicted molar refractivity (Wildman–Crippen MR) is 122 cm³/mol. The Morgan fingerprint density at radius 3 is 2.59 bits per heavy atom. The highest BCUT2D eigenvalue weighted by Crippen LogP contribution is 2.20. The second-order valence-electron chi connectivity index (χ2n) is 7.19. The lowest BCUT2D eigenvalue weighted by Crippen LogP contribution is -2.29. The smallest absolute Gasteiger partial charge is 0.330 e. The van der Waals surface area contributed by atoms with Gasteiger partial charge in [-0.15, -0.1) is 0 Å². The fourth-order valence-corrected chi connectivity index (χ4v) is 3.23. The lowest BCUT2D eigenvalue weighted by atomic mass is 10.2. The fraction of sp³-hybridized carbons (Fsp3) is 0.125. The molecule has 2 amide bonds. The molecule has 3 N–H and O–H groups in total. The van der Waals surface area contributed by atoms with Gasteiger partial charge in [0.1, 0.15) is 12.4 Å². The third-order valence-corrected chi connectivity index (χ3v) is 4.86. The van der Waals surface area contributed by atoms with Crippen molar-refractivity contribution in [3.63, 3.8) is 0 Å². The van der Waals surface area contributed by atoms with E-state index < -0.39 is 0 Å². The number of carbonyl (C=O) groups is 1. The first kappa shape index (κ1) is 20.9. The maximum atomic E-state index is 12.5. The molecule has 0 radical (unpaired) electrons. The van der Waals surface area contributed by atoms with Gasteiger partial charge in [-0.3, -0.25) is 9.55 Å². The van der Waals surface area contributed by atoms with Gasteiger partial charge in [0.25, 0.3) is 0 Å². The SMILES string of the molecule is Cc1c[nH]c(=O)n1-c1ccccc1NC(=O)NCc1ccc(OCc2cccnc2)cc1. The number of ether oxygens (including phenoxy) is 1. The van der Waals surface area contributed by atoms with Crippen LogP contribution in [0, 0.1) is 6.92 Å². The van der Waals surface area contributed by atoms with Crippen molar-refractivity contribution >= 4 is 11.7 Å². The Hall–Kier alpha value is -4.33. The van der Waals surface area contributed by atoms with Crippen LogP contribution < -0.4 is 21.1 Å². The number of rotatable bonds is 7. The summed E-state index contributed by atoms with van der Waals surface area (Å²) in [4.78, 5) is 31.3. The predicted octanol–water partition coefficient (Wildman–Crippen LogP) is 3.77. The summed E-state index contributed by atoms with van der Waals surface area (Å²) in [6.45, 7) is 2.61. The van der Waals surface area contributed by atoms with Crippen LogP contribution in [-0.2, 0) is 13.2 Å². The molecule has 0 spiro atoms. The number of hydrogen-bond donors (Lipinski definition) is 3.